The highest BCUT2D eigenvalue weighted by molar-refractivity contribution is 7.13. The maximum absolute atomic E-state index is 13.9. The van der Waals surface area contributed by atoms with Crippen molar-refractivity contribution in [2.24, 2.45) is 5.41 Å². The molecule has 20 heteroatoms. The van der Waals surface area contributed by atoms with E-state index >= 15 is 0 Å². The number of likely N-dealkylation sites (tertiary alicyclic amines) is 1. The van der Waals surface area contributed by atoms with Crippen LogP contribution in [0.5, 0.6) is 0 Å². The van der Waals surface area contributed by atoms with Crippen molar-refractivity contribution in [3.05, 3.63) is 113 Å². The molecular formula is C55H73N9O10S. The van der Waals surface area contributed by atoms with Gasteiger partial charge in [0, 0.05) is 62.7 Å². The maximum atomic E-state index is 13.9. The fourth-order valence-electron chi connectivity index (χ4n) is 8.03. The summed E-state index contributed by atoms with van der Waals surface area (Å²) in [6, 6.07) is 25.0. The number of anilines is 4. The van der Waals surface area contributed by atoms with Gasteiger partial charge in [0.2, 0.25) is 29.6 Å². The Labute approximate surface area is 444 Å². The molecule has 1 aliphatic heterocycles. The van der Waals surface area contributed by atoms with E-state index in [0.29, 0.717) is 77.5 Å². The minimum absolute atomic E-state index is 0.00561. The van der Waals surface area contributed by atoms with E-state index in [-0.39, 0.29) is 56.9 Å². The minimum Gasteiger partial charge on any atom is -0.391 e. The molecule has 19 nitrogen and oxygen atoms in total. The van der Waals surface area contributed by atoms with E-state index in [2.05, 4.69) is 36.2 Å². The average Bonchev–Trinajstić information content (AvgIpc) is 4.01. The SMILES string of the molecule is Cc1cc(N(C)CCOCCOCCOCCOCCOCCC(=O)NC(C(=O)N2CC(O)CC2C(=O)NCc2ccc(-c3scnc3C)cc2)C(C)(C)C)nc(Nc2ccc(NC(=O)Cc3ccccc3)cc2)n1. The first-order valence-corrected chi connectivity index (χ1v) is 26.2. The predicted octanol–water partition coefficient (Wildman–Crippen LogP) is 5.86. The summed E-state index contributed by atoms with van der Waals surface area (Å²) in [6.45, 7) is 13.9. The van der Waals surface area contributed by atoms with Gasteiger partial charge in [-0.25, -0.2) is 9.97 Å². The van der Waals surface area contributed by atoms with Gasteiger partial charge in [0.1, 0.15) is 17.9 Å². The molecule has 75 heavy (non-hydrogen) atoms. The van der Waals surface area contributed by atoms with Gasteiger partial charge in [-0.05, 0) is 60.2 Å². The van der Waals surface area contributed by atoms with Crippen LogP contribution in [0, 0.1) is 19.3 Å². The number of thiazole rings is 1. The number of benzene rings is 3. The molecule has 3 aromatic carbocycles. The fourth-order valence-corrected chi connectivity index (χ4v) is 8.84. The van der Waals surface area contributed by atoms with E-state index in [1.807, 2.05) is 137 Å². The molecule has 6 rings (SSSR count). The highest BCUT2D eigenvalue weighted by atomic mass is 32.1. The zero-order valence-electron chi connectivity index (χ0n) is 44.0. The zero-order valence-corrected chi connectivity index (χ0v) is 44.8. The Morgan fingerprint density at radius 3 is 2.00 bits per heavy atom. The number of aromatic nitrogens is 3. The first-order valence-electron chi connectivity index (χ1n) is 25.3. The number of ether oxygens (including phenoxy) is 5. The fraction of sp³-hybridized carbons (Fsp3) is 0.473. The van der Waals surface area contributed by atoms with Crippen molar-refractivity contribution in [3.8, 4) is 10.4 Å². The molecule has 0 saturated carbocycles. The van der Waals surface area contributed by atoms with Crippen molar-refractivity contribution >= 4 is 58.1 Å². The number of β-amino-alcohol motifs (C(OH)–C–C–N with tert-alkyl or cyclic N) is 1. The van der Waals surface area contributed by atoms with Crippen LogP contribution >= 0.6 is 11.3 Å². The number of aliphatic hydroxyl groups is 1. The summed E-state index contributed by atoms with van der Waals surface area (Å²) < 4.78 is 28.2. The Morgan fingerprint density at radius 1 is 0.773 bits per heavy atom. The summed E-state index contributed by atoms with van der Waals surface area (Å²) in [6.07, 6.45) is -0.426. The number of carbonyl (C=O) groups excluding carboxylic acids is 4. The Kier molecular flexibility index (Phi) is 22.9. The van der Waals surface area contributed by atoms with Crippen molar-refractivity contribution in [1.82, 2.24) is 30.5 Å². The lowest BCUT2D eigenvalue weighted by Crippen LogP contribution is -2.57. The zero-order chi connectivity index (χ0) is 53.6. The van der Waals surface area contributed by atoms with Crippen LogP contribution in [0.4, 0.5) is 23.1 Å². The Balaban J connectivity index is 0.760. The maximum Gasteiger partial charge on any atom is 0.246 e. The van der Waals surface area contributed by atoms with Crippen LogP contribution in [0.3, 0.4) is 0 Å². The lowest BCUT2D eigenvalue weighted by Gasteiger charge is -2.35. The van der Waals surface area contributed by atoms with Gasteiger partial charge in [0.15, 0.2) is 0 Å². The Hall–Kier alpha value is -6.39. The van der Waals surface area contributed by atoms with E-state index in [0.717, 1.165) is 44.5 Å². The predicted molar refractivity (Wildman–Crippen MR) is 289 cm³/mol. The van der Waals surface area contributed by atoms with Crippen LogP contribution in [0.2, 0.25) is 0 Å². The first-order chi connectivity index (χ1) is 36.1. The molecule has 0 bridgehead atoms. The van der Waals surface area contributed by atoms with Gasteiger partial charge < -0.3 is 59.9 Å². The average molecular weight is 1050 g/mol. The van der Waals surface area contributed by atoms with Gasteiger partial charge in [-0.2, -0.15) is 4.98 Å². The highest BCUT2D eigenvalue weighted by Gasteiger charge is 2.44. The molecule has 0 spiro atoms. The van der Waals surface area contributed by atoms with Gasteiger partial charge in [-0.15, -0.1) is 11.3 Å². The number of hydrogen-bond acceptors (Lipinski definition) is 16. The normalized spacial score (nSPS) is 14.8. The van der Waals surface area contributed by atoms with Crippen molar-refractivity contribution in [2.75, 3.05) is 102 Å². The standard InChI is InChI=1S/C55H73N9O10S/c1-38-32-47(61-54(58-38)60-44-18-16-43(17-19-44)59-49(67)33-40-10-8-7-9-11-40)63(6)21-23-71-25-27-73-29-31-74-30-28-72-26-24-70-22-20-48(66)62-51(55(3,4)5)53(69)64-36-45(65)34-46(64)52(68)56-35-41-12-14-42(15-13-41)50-39(2)57-37-75-50/h7-19,32,37,45-46,51,65H,20-31,33-36H2,1-6H3,(H,56,68)(H,59,67)(H,62,66)(H,58,60,61). The minimum atomic E-state index is -0.929. The lowest BCUT2D eigenvalue weighted by molar-refractivity contribution is -0.144. The third-order valence-electron chi connectivity index (χ3n) is 12.1. The molecule has 1 aliphatic rings. The van der Waals surface area contributed by atoms with Gasteiger partial charge in [-0.3, -0.25) is 19.2 Å². The van der Waals surface area contributed by atoms with E-state index in [1.54, 1.807) is 11.3 Å². The second kappa shape index (κ2) is 29.6. The lowest BCUT2D eigenvalue weighted by atomic mass is 9.85. The van der Waals surface area contributed by atoms with Crippen LogP contribution in [-0.4, -0.2) is 153 Å². The number of rotatable bonds is 30. The summed E-state index contributed by atoms with van der Waals surface area (Å²) in [5, 5.41) is 22.5. The van der Waals surface area contributed by atoms with Crippen LogP contribution in [0.25, 0.3) is 10.4 Å². The molecule has 0 radical (unpaired) electrons. The molecular weight excluding hydrogens is 979 g/mol. The van der Waals surface area contributed by atoms with Crippen LogP contribution in [0.1, 0.15) is 56.1 Å². The molecule has 0 aliphatic carbocycles. The Morgan fingerprint density at radius 2 is 1.39 bits per heavy atom. The van der Waals surface area contributed by atoms with E-state index in [1.165, 1.54) is 4.90 Å². The number of hydrogen-bond donors (Lipinski definition) is 5. The summed E-state index contributed by atoms with van der Waals surface area (Å²) in [5.74, 6) is -0.0147. The van der Waals surface area contributed by atoms with Gasteiger partial charge >= 0.3 is 0 Å². The number of nitrogens with zero attached hydrogens (tertiary/aromatic N) is 5. The number of likely N-dealkylation sites (N-methyl/N-ethyl adjacent to an activating group) is 1. The number of amides is 4. The molecule has 3 unspecified atom stereocenters. The molecule has 5 aromatic rings. The molecule has 1 saturated heterocycles. The molecule has 1 fully saturated rings. The van der Waals surface area contributed by atoms with Crippen LogP contribution in [-0.2, 0) is 55.8 Å². The summed E-state index contributed by atoms with van der Waals surface area (Å²) in [4.78, 5) is 70.9. The third-order valence-corrected chi connectivity index (χ3v) is 13.1. The van der Waals surface area contributed by atoms with Gasteiger partial charge in [0.25, 0.3) is 0 Å². The summed E-state index contributed by atoms with van der Waals surface area (Å²) in [5.41, 5.74) is 7.31. The number of nitrogens with one attached hydrogen (secondary N) is 4. The molecule has 3 atom stereocenters. The van der Waals surface area contributed by atoms with Crippen molar-refractivity contribution in [1.29, 1.82) is 0 Å². The number of aryl methyl sites for hydroxylation is 2. The van der Waals surface area contributed by atoms with Crippen LogP contribution < -0.4 is 26.2 Å². The molecule has 404 valence electrons. The summed E-state index contributed by atoms with van der Waals surface area (Å²) >= 11 is 1.57. The van der Waals surface area contributed by atoms with Gasteiger partial charge in [0.05, 0.1) is 94.7 Å². The summed E-state index contributed by atoms with van der Waals surface area (Å²) in [7, 11) is 1.95. The number of carbonyl (C=O) groups is 4. The smallest absolute Gasteiger partial charge is 0.246 e. The molecule has 3 heterocycles. The van der Waals surface area contributed by atoms with Crippen molar-refractivity contribution < 1.29 is 48.0 Å². The second-order valence-corrected chi connectivity index (χ2v) is 20.1. The molecule has 2 aromatic heterocycles. The first kappa shape index (κ1) is 57.9. The second-order valence-electron chi connectivity index (χ2n) is 19.3. The topological polar surface area (TPSA) is 228 Å². The largest absolute Gasteiger partial charge is 0.391 e. The van der Waals surface area contributed by atoms with E-state index in [9.17, 15) is 24.3 Å². The quantitative estimate of drug-likeness (QED) is 0.0340. The Bertz CT molecular complexity index is 2560. The van der Waals surface area contributed by atoms with E-state index < -0.39 is 29.5 Å². The molecule has 5 N–H and O–H groups in total. The molecule has 4 amide bonds. The number of aliphatic hydroxyl groups excluding tert-OH is 1. The monoisotopic (exact) mass is 1050 g/mol. The van der Waals surface area contributed by atoms with Crippen LogP contribution in [0.15, 0.2) is 90.4 Å². The van der Waals surface area contributed by atoms with E-state index in [4.69, 9.17) is 23.7 Å². The van der Waals surface area contributed by atoms with Crippen molar-refractivity contribution in [2.45, 2.75) is 78.6 Å². The third kappa shape index (κ3) is 19.4. The highest BCUT2D eigenvalue weighted by Crippen LogP contribution is 2.29. The van der Waals surface area contributed by atoms with Crippen molar-refractivity contribution in [3.63, 3.8) is 0 Å². The van der Waals surface area contributed by atoms with Gasteiger partial charge in [-0.1, -0.05) is 75.4 Å².